The van der Waals surface area contributed by atoms with Crippen molar-refractivity contribution in [3.8, 4) is 0 Å². The Morgan fingerprint density at radius 2 is 2.12 bits per heavy atom. The Morgan fingerprint density at radius 3 is 2.94 bits per heavy atom. The summed E-state index contributed by atoms with van der Waals surface area (Å²) in [5.41, 5.74) is 2.36. The largest absolute Gasteiger partial charge is 0.370 e. The zero-order valence-electron chi connectivity index (χ0n) is 10.3. The lowest BCUT2D eigenvalue weighted by molar-refractivity contribution is 0.133. The summed E-state index contributed by atoms with van der Waals surface area (Å²) in [6, 6.07) is 4.89. The molecule has 92 valence electrons. The van der Waals surface area contributed by atoms with Crippen molar-refractivity contribution in [2.24, 2.45) is 0 Å². The van der Waals surface area contributed by atoms with Gasteiger partial charge in [-0.1, -0.05) is 6.07 Å². The van der Waals surface area contributed by atoms with Gasteiger partial charge in [0.25, 0.3) is 0 Å². The number of ether oxygens (including phenoxy) is 1. The number of nitrogens with one attached hydrogen (secondary N) is 1. The molecule has 1 aromatic rings. The third-order valence-corrected chi connectivity index (χ3v) is 3.77. The van der Waals surface area contributed by atoms with Crippen molar-refractivity contribution in [1.29, 1.82) is 0 Å². The average Bonchev–Trinajstić information content (AvgIpc) is 2.86. The molecular formula is C13H19N3O. The fourth-order valence-electron chi connectivity index (χ4n) is 2.61. The van der Waals surface area contributed by atoms with Crippen LogP contribution in [-0.4, -0.2) is 31.2 Å². The van der Waals surface area contributed by atoms with E-state index in [2.05, 4.69) is 29.4 Å². The highest BCUT2D eigenvalue weighted by atomic mass is 16.5. The molecule has 1 fully saturated rings. The quantitative estimate of drug-likeness (QED) is 0.835. The molecule has 0 spiro atoms. The Balaban J connectivity index is 1.78. The number of aromatic nitrogens is 1. The van der Waals surface area contributed by atoms with Crippen LogP contribution < -0.4 is 10.2 Å². The van der Waals surface area contributed by atoms with E-state index in [1.54, 1.807) is 0 Å². The van der Waals surface area contributed by atoms with Crippen molar-refractivity contribution < 1.29 is 4.74 Å². The topological polar surface area (TPSA) is 37.4 Å². The van der Waals surface area contributed by atoms with Crippen molar-refractivity contribution in [3.63, 3.8) is 0 Å². The molecule has 4 heteroatoms. The first-order chi connectivity index (χ1) is 8.34. The van der Waals surface area contributed by atoms with E-state index >= 15 is 0 Å². The average molecular weight is 233 g/mol. The number of pyridine rings is 1. The Hall–Kier alpha value is -1.13. The van der Waals surface area contributed by atoms with E-state index in [-0.39, 0.29) is 0 Å². The van der Waals surface area contributed by atoms with Crippen LogP contribution >= 0.6 is 0 Å². The van der Waals surface area contributed by atoms with Gasteiger partial charge in [0.1, 0.15) is 5.82 Å². The summed E-state index contributed by atoms with van der Waals surface area (Å²) in [5, 5.41) is 3.40. The van der Waals surface area contributed by atoms with Crippen LogP contribution in [0.2, 0.25) is 0 Å². The van der Waals surface area contributed by atoms with Crippen molar-refractivity contribution >= 4 is 5.82 Å². The first kappa shape index (κ1) is 11.0. The summed E-state index contributed by atoms with van der Waals surface area (Å²) in [7, 11) is 2.15. The lowest BCUT2D eigenvalue weighted by Crippen LogP contribution is -2.41. The second kappa shape index (κ2) is 4.63. The van der Waals surface area contributed by atoms with E-state index in [9.17, 15) is 0 Å². The fourth-order valence-corrected chi connectivity index (χ4v) is 2.61. The Bertz CT molecular complexity index is 402. The van der Waals surface area contributed by atoms with Gasteiger partial charge in [0, 0.05) is 18.7 Å². The fraction of sp³-hybridized carbons (Fsp3) is 0.615. The summed E-state index contributed by atoms with van der Waals surface area (Å²) in [6.45, 7) is 3.62. The van der Waals surface area contributed by atoms with E-state index in [4.69, 9.17) is 9.72 Å². The molecule has 17 heavy (non-hydrogen) atoms. The van der Waals surface area contributed by atoms with Crippen LogP contribution in [0.5, 0.6) is 0 Å². The van der Waals surface area contributed by atoms with Gasteiger partial charge < -0.3 is 15.0 Å². The molecule has 0 bridgehead atoms. The number of nitrogens with zero attached hydrogens (tertiary/aromatic N) is 2. The van der Waals surface area contributed by atoms with Gasteiger partial charge in [0.2, 0.25) is 0 Å². The SMILES string of the molecule is CN(c1ccc2c(n1)COC2)C1CCNCC1. The smallest absolute Gasteiger partial charge is 0.128 e. The van der Waals surface area contributed by atoms with Crippen LogP contribution in [0.15, 0.2) is 12.1 Å². The third-order valence-electron chi connectivity index (χ3n) is 3.77. The monoisotopic (exact) mass is 233 g/mol. The van der Waals surface area contributed by atoms with Crippen LogP contribution in [0.3, 0.4) is 0 Å². The highest BCUT2D eigenvalue weighted by molar-refractivity contribution is 5.42. The summed E-state index contributed by atoms with van der Waals surface area (Å²) in [4.78, 5) is 7.03. The molecule has 1 N–H and O–H groups in total. The predicted molar refractivity (Wildman–Crippen MR) is 67.0 cm³/mol. The lowest BCUT2D eigenvalue weighted by atomic mass is 10.1. The molecule has 1 aromatic heterocycles. The van der Waals surface area contributed by atoms with E-state index in [0.717, 1.165) is 31.2 Å². The summed E-state index contributed by atoms with van der Waals surface area (Å²) in [6.07, 6.45) is 2.40. The van der Waals surface area contributed by atoms with E-state index < -0.39 is 0 Å². The van der Waals surface area contributed by atoms with Gasteiger partial charge in [-0.25, -0.2) is 4.98 Å². The minimum atomic E-state index is 0.615. The molecule has 0 atom stereocenters. The molecular weight excluding hydrogens is 214 g/mol. The Labute approximate surface area is 102 Å². The van der Waals surface area contributed by atoms with Crippen LogP contribution in [0.25, 0.3) is 0 Å². The summed E-state index contributed by atoms with van der Waals surface area (Å²) in [5.74, 6) is 1.08. The Kier molecular flexibility index (Phi) is 2.99. The van der Waals surface area contributed by atoms with Crippen LogP contribution in [0, 0.1) is 0 Å². The molecule has 0 aliphatic carbocycles. The van der Waals surface area contributed by atoms with Crippen LogP contribution in [0.1, 0.15) is 24.1 Å². The molecule has 3 heterocycles. The normalized spacial score (nSPS) is 20.3. The van der Waals surface area contributed by atoms with Crippen molar-refractivity contribution in [2.45, 2.75) is 32.1 Å². The van der Waals surface area contributed by atoms with Gasteiger partial charge in [-0.3, -0.25) is 0 Å². The third kappa shape index (κ3) is 2.15. The molecule has 0 radical (unpaired) electrons. The van der Waals surface area contributed by atoms with Gasteiger partial charge in [-0.2, -0.15) is 0 Å². The predicted octanol–water partition coefficient (Wildman–Crippen LogP) is 1.30. The molecule has 0 amide bonds. The first-order valence-corrected chi connectivity index (χ1v) is 6.34. The molecule has 2 aliphatic rings. The van der Waals surface area contributed by atoms with Gasteiger partial charge >= 0.3 is 0 Å². The van der Waals surface area contributed by atoms with E-state index in [1.807, 2.05) is 0 Å². The number of anilines is 1. The van der Waals surface area contributed by atoms with Crippen molar-refractivity contribution in [3.05, 3.63) is 23.4 Å². The van der Waals surface area contributed by atoms with Crippen molar-refractivity contribution in [2.75, 3.05) is 25.0 Å². The van der Waals surface area contributed by atoms with Gasteiger partial charge in [-0.15, -0.1) is 0 Å². The van der Waals surface area contributed by atoms with E-state index in [1.165, 1.54) is 18.4 Å². The molecule has 0 saturated carbocycles. The molecule has 1 saturated heterocycles. The minimum Gasteiger partial charge on any atom is -0.370 e. The number of fused-ring (bicyclic) bond motifs is 1. The maximum Gasteiger partial charge on any atom is 0.128 e. The molecule has 0 unspecified atom stereocenters. The minimum absolute atomic E-state index is 0.615. The molecule has 2 aliphatic heterocycles. The number of hydrogen-bond donors (Lipinski definition) is 1. The summed E-state index contributed by atoms with van der Waals surface area (Å²) < 4.78 is 5.40. The number of rotatable bonds is 2. The molecule has 0 aromatic carbocycles. The Morgan fingerprint density at radius 1 is 1.29 bits per heavy atom. The number of piperidine rings is 1. The zero-order valence-corrected chi connectivity index (χ0v) is 10.3. The van der Waals surface area contributed by atoms with Crippen LogP contribution in [0.4, 0.5) is 5.82 Å². The lowest BCUT2D eigenvalue weighted by Gasteiger charge is -2.32. The first-order valence-electron chi connectivity index (χ1n) is 6.34. The van der Waals surface area contributed by atoms with Crippen LogP contribution in [-0.2, 0) is 18.0 Å². The van der Waals surface area contributed by atoms with Crippen molar-refractivity contribution in [1.82, 2.24) is 10.3 Å². The van der Waals surface area contributed by atoms with Gasteiger partial charge in [-0.05, 0) is 32.0 Å². The molecule has 3 rings (SSSR count). The highest BCUT2D eigenvalue weighted by Gasteiger charge is 2.20. The van der Waals surface area contributed by atoms with Gasteiger partial charge in [0.05, 0.1) is 18.9 Å². The maximum absolute atomic E-state index is 5.40. The summed E-state index contributed by atoms with van der Waals surface area (Å²) >= 11 is 0. The molecule has 4 nitrogen and oxygen atoms in total. The zero-order chi connectivity index (χ0) is 11.7. The standard InChI is InChI=1S/C13H19N3O/c1-16(11-4-6-14-7-5-11)13-3-2-10-8-17-9-12(10)15-13/h2-3,11,14H,4-9H2,1H3. The number of hydrogen-bond acceptors (Lipinski definition) is 4. The van der Waals surface area contributed by atoms with E-state index in [0.29, 0.717) is 12.6 Å². The van der Waals surface area contributed by atoms with Gasteiger partial charge in [0.15, 0.2) is 0 Å². The second-order valence-corrected chi connectivity index (χ2v) is 4.86. The maximum atomic E-state index is 5.40. The second-order valence-electron chi connectivity index (χ2n) is 4.86. The highest BCUT2D eigenvalue weighted by Crippen LogP contribution is 2.23.